The molecule has 0 aliphatic heterocycles. The number of nitrogens with zero attached hydrogens (tertiary/aromatic N) is 2. The number of halogens is 2. The molecule has 0 bridgehead atoms. The van der Waals surface area contributed by atoms with Crippen LogP contribution in [0.3, 0.4) is 0 Å². The minimum absolute atomic E-state index is 0.141. The van der Waals surface area contributed by atoms with Crippen LogP contribution in [0.25, 0.3) is 0 Å². The maximum absolute atomic E-state index is 6.20. The van der Waals surface area contributed by atoms with Gasteiger partial charge in [-0.25, -0.2) is 4.98 Å². The van der Waals surface area contributed by atoms with Crippen molar-refractivity contribution in [3.05, 3.63) is 42.5 Å². The van der Waals surface area contributed by atoms with Gasteiger partial charge in [-0.1, -0.05) is 0 Å². The first kappa shape index (κ1) is 14.1. The van der Waals surface area contributed by atoms with Crippen LogP contribution in [0.2, 0.25) is 0 Å². The number of hydrogen-bond donors (Lipinski definition) is 1. The molecule has 6 heteroatoms. The average Bonchev–Trinajstić information content (AvgIpc) is 2.57. The molecule has 1 atom stereocenters. The Bertz CT molecular complexity index is 549. The predicted octanol–water partition coefficient (Wildman–Crippen LogP) is 3.92. The first-order valence-corrected chi connectivity index (χ1v) is 7.87. The third kappa shape index (κ3) is 3.17. The van der Waals surface area contributed by atoms with Gasteiger partial charge in [0.05, 0.1) is 22.4 Å². The Labute approximate surface area is 127 Å². The van der Waals surface area contributed by atoms with Crippen molar-refractivity contribution in [1.82, 2.24) is 9.97 Å². The minimum Gasteiger partial charge on any atom is -0.322 e. The Kier molecular flexibility index (Phi) is 4.53. The van der Waals surface area contributed by atoms with Crippen molar-refractivity contribution in [1.29, 1.82) is 0 Å². The molecule has 18 heavy (non-hydrogen) atoms. The van der Waals surface area contributed by atoms with Gasteiger partial charge >= 0.3 is 0 Å². The quantitative estimate of drug-likeness (QED) is 0.863. The molecule has 0 saturated heterocycles. The summed E-state index contributed by atoms with van der Waals surface area (Å²) in [6.07, 6.45) is 2.48. The molecule has 1 unspecified atom stereocenters. The van der Waals surface area contributed by atoms with Gasteiger partial charge in [0, 0.05) is 26.4 Å². The average molecular weight is 391 g/mol. The molecule has 2 N–H and O–H groups in total. The van der Waals surface area contributed by atoms with Crippen molar-refractivity contribution in [2.75, 3.05) is 0 Å². The number of nitrogens with two attached hydrogens (primary N) is 1. The fourth-order valence-electron chi connectivity index (χ4n) is 1.61. The van der Waals surface area contributed by atoms with Gasteiger partial charge in [0.25, 0.3) is 0 Å². The molecular weight excluding hydrogens is 378 g/mol. The van der Waals surface area contributed by atoms with Crippen molar-refractivity contribution in [2.24, 2.45) is 5.73 Å². The molecule has 0 aliphatic rings. The Balaban J connectivity index is 2.19. The molecule has 0 aromatic carbocycles. The number of hydrogen-bond acceptors (Lipinski definition) is 4. The monoisotopic (exact) mass is 389 g/mol. The Hall–Kier alpha value is -0.300. The number of pyridine rings is 1. The summed E-state index contributed by atoms with van der Waals surface area (Å²) in [4.78, 5) is 10.1. The van der Waals surface area contributed by atoms with Crippen LogP contribution in [0.4, 0.5) is 0 Å². The van der Waals surface area contributed by atoms with Crippen LogP contribution >= 0.6 is 43.2 Å². The van der Waals surface area contributed by atoms with E-state index in [1.54, 1.807) is 17.5 Å². The molecule has 3 nitrogen and oxygen atoms in total. The molecule has 96 valence electrons. The molecule has 0 amide bonds. The molecule has 2 heterocycles. The summed E-state index contributed by atoms with van der Waals surface area (Å²) >= 11 is 8.58. The van der Waals surface area contributed by atoms with E-state index in [2.05, 4.69) is 48.8 Å². The number of aromatic nitrogens is 2. The Morgan fingerprint density at radius 1 is 1.39 bits per heavy atom. The zero-order chi connectivity index (χ0) is 13.3. The van der Waals surface area contributed by atoms with Crippen LogP contribution in [0.1, 0.15) is 27.3 Å². The molecule has 2 aromatic rings. The summed E-state index contributed by atoms with van der Waals surface area (Å²) in [6, 6.07) is 1.82. The molecule has 0 radical (unpaired) electrons. The largest absolute Gasteiger partial charge is 0.322 e. The maximum atomic E-state index is 6.20. The first-order valence-electron chi connectivity index (χ1n) is 5.47. The second-order valence-corrected chi connectivity index (χ2v) is 7.14. The lowest BCUT2D eigenvalue weighted by Crippen LogP contribution is -2.15. The molecule has 0 fully saturated rings. The van der Waals surface area contributed by atoms with Gasteiger partial charge in [0.1, 0.15) is 0 Å². The second-order valence-electron chi connectivity index (χ2n) is 4.08. The van der Waals surface area contributed by atoms with Gasteiger partial charge in [-0.2, -0.15) is 0 Å². The number of rotatable bonds is 3. The van der Waals surface area contributed by atoms with Crippen molar-refractivity contribution in [3.63, 3.8) is 0 Å². The van der Waals surface area contributed by atoms with Gasteiger partial charge in [0.2, 0.25) is 0 Å². The van der Waals surface area contributed by atoms with E-state index in [1.165, 1.54) is 4.88 Å². The highest BCUT2D eigenvalue weighted by atomic mass is 79.9. The third-order valence-corrected chi connectivity index (χ3v) is 4.82. The standard InChI is InChI=1S/C12H13Br2N3S/c1-6-7(2)18-11(17-6)4-10(15)12-9(14)3-8(13)5-16-12/h3,5,10H,4,15H2,1-2H3. The van der Waals surface area contributed by atoms with Gasteiger partial charge in [-0.05, 0) is 51.8 Å². The van der Waals surface area contributed by atoms with Crippen LogP contribution in [-0.4, -0.2) is 9.97 Å². The third-order valence-electron chi connectivity index (χ3n) is 2.65. The van der Waals surface area contributed by atoms with E-state index in [0.717, 1.165) is 25.3 Å². The van der Waals surface area contributed by atoms with E-state index in [1.807, 2.05) is 13.0 Å². The van der Waals surface area contributed by atoms with Crippen molar-refractivity contribution in [3.8, 4) is 0 Å². The highest BCUT2D eigenvalue weighted by Gasteiger charge is 2.15. The van der Waals surface area contributed by atoms with Gasteiger partial charge in [-0.3, -0.25) is 4.98 Å². The summed E-state index contributed by atoms with van der Waals surface area (Å²) in [6.45, 7) is 4.10. The molecule has 2 aromatic heterocycles. The van der Waals surface area contributed by atoms with Crippen molar-refractivity contribution < 1.29 is 0 Å². The SMILES string of the molecule is Cc1nc(CC(N)c2ncc(Br)cc2Br)sc1C. The van der Waals surface area contributed by atoms with Gasteiger partial charge < -0.3 is 5.73 Å². The zero-order valence-electron chi connectivity index (χ0n) is 10.1. The summed E-state index contributed by atoms with van der Waals surface area (Å²) in [5.41, 5.74) is 8.15. The van der Waals surface area contributed by atoms with E-state index in [0.29, 0.717) is 6.42 Å². The summed E-state index contributed by atoms with van der Waals surface area (Å²) in [5.74, 6) is 0. The normalized spacial score (nSPS) is 12.7. The van der Waals surface area contributed by atoms with E-state index in [4.69, 9.17) is 5.73 Å². The molecule has 2 rings (SSSR count). The van der Waals surface area contributed by atoms with Crippen LogP contribution in [0.5, 0.6) is 0 Å². The van der Waals surface area contributed by atoms with Crippen LogP contribution in [0, 0.1) is 13.8 Å². The number of thiazole rings is 1. The van der Waals surface area contributed by atoms with E-state index < -0.39 is 0 Å². The lowest BCUT2D eigenvalue weighted by atomic mass is 10.1. The fourth-order valence-corrected chi connectivity index (χ4v) is 3.88. The Morgan fingerprint density at radius 2 is 2.11 bits per heavy atom. The van der Waals surface area contributed by atoms with E-state index >= 15 is 0 Å². The summed E-state index contributed by atoms with van der Waals surface area (Å²) in [7, 11) is 0. The fraction of sp³-hybridized carbons (Fsp3) is 0.333. The minimum atomic E-state index is -0.141. The molecular formula is C12H13Br2N3S. The lowest BCUT2D eigenvalue weighted by molar-refractivity contribution is 0.687. The van der Waals surface area contributed by atoms with Crippen LogP contribution < -0.4 is 5.73 Å². The molecule has 0 aliphatic carbocycles. The van der Waals surface area contributed by atoms with Crippen molar-refractivity contribution in [2.45, 2.75) is 26.3 Å². The Morgan fingerprint density at radius 3 is 2.67 bits per heavy atom. The maximum Gasteiger partial charge on any atom is 0.0950 e. The lowest BCUT2D eigenvalue weighted by Gasteiger charge is -2.11. The smallest absolute Gasteiger partial charge is 0.0950 e. The van der Waals surface area contributed by atoms with Crippen molar-refractivity contribution >= 4 is 43.2 Å². The van der Waals surface area contributed by atoms with Gasteiger partial charge in [-0.15, -0.1) is 11.3 Å². The zero-order valence-corrected chi connectivity index (χ0v) is 14.1. The van der Waals surface area contributed by atoms with E-state index in [9.17, 15) is 0 Å². The van der Waals surface area contributed by atoms with E-state index in [-0.39, 0.29) is 6.04 Å². The summed E-state index contributed by atoms with van der Waals surface area (Å²) in [5, 5.41) is 1.06. The van der Waals surface area contributed by atoms with Gasteiger partial charge in [0.15, 0.2) is 0 Å². The van der Waals surface area contributed by atoms with Crippen LogP contribution in [0.15, 0.2) is 21.2 Å². The highest BCUT2D eigenvalue weighted by Crippen LogP contribution is 2.27. The topological polar surface area (TPSA) is 51.8 Å². The number of aryl methyl sites for hydroxylation is 2. The predicted molar refractivity (Wildman–Crippen MR) is 81.9 cm³/mol. The van der Waals surface area contributed by atoms with Crippen LogP contribution in [-0.2, 0) is 6.42 Å². The second kappa shape index (κ2) is 5.77. The summed E-state index contributed by atoms with van der Waals surface area (Å²) < 4.78 is 1.86. The molecule has 0 saturated carbocycles. The molecule has 0 spiro atoms. The highest BCUT2D eigenvalue weighted by molar-refractivity contribution is 9.11. The first-order chi connectivity index (χ1) is 8.47.